The van der Waals surface area contributed by atoms with Crippen LogP contribution in [-0.4, -0.2) is 18.2 Å². The maximum Gasteiger partial charge on any atom is 0.0814 e. The lowest BCUT2D eigenvalue weighted by Crippen LogP contribution is -2.44. The SMILES string of the molecule is C#CCC(N)C1(C)CCCO1. The summed E-state index contributed by atoms with van der Waals surface area (Å²) >= 11 is 0. The molecule has 2 heteroatoms. The molecule has 1 fully saturated rings. The lowest BCUT2D eigenvalue weighted by molar-refractivity contribution is 0.000260. The largest absolute Gasteiger partial charge is 0.374 e. The predicted molar refractivity (Wildman–Crippen MR) is 45.0 cm³/mol. The van der Waals surface area contributed by atoms with Gasteiger partial charge < -0.3 is 10.5 Å². The Balaban J connectivity index is 2.50. The minimum atomic E-state index is -0.160. The molecule has 0 spiro atoms. The zero-order valence-electron chi connectivity index (χ0n) is 6.97. The number of ether oxygens (including phenoxy) is 1. The van der Waals surface area contributed by atoms with Gasteiger partial charge in [-0.25, -0.2) is 0 Å². The van der Waals surface area contributed by atoms with Crippen LogP contribution in [0, 0.1) is 12.3 Å². The van der Waals surface area contributed by atoms with E-state index in [1.54, 1.807) is 0 Å². The van der Waals surface area contributed by atoms with E-state index < -0.39 is 0 Å². The predicted octanol–water partition coefficient (Wildman–Crippen LogP) is 0.906. The van der Waals surface area contributed by atoms with E-state index in [9.17, 15) is 0 Å². The minimum absolute atomic E-state index is 0.00463. The van der Waals surface area contributed by atoms with E-state index in [1.165, 1.54) is 0 Å². The van der Waals surface area contributed by atoms with Crippen molar-refractivity contribution in [3.8, 4) is 12.3 Å². The Labute approximate surface area is 68.1 Å². The molecule has 1 heterocycles. The lowest BCUT2D eigenvalue weighted by Gasteiger charge is -2.28. The van der Waals surface area contributed by atoms with Gasteiger partial charge in [-0.15, -0.1) is 12.3 Å². The summed E-state index contributed by atoms with van der Waals surface area (Å²) in [6, 6.07) is -0.00463. The van der Waals surface area contributed by atoms with E-state index >= 15 is 0 Å². The summed E-state index contributed by atoms with van der Waals surface area (Å²) in [6.07, 6.45) is 7.92. The molecule has 0 radical (unpaired) electrons. The van der Waals surface area contributed by atoms with Gasteiger partial charge in [-0.1, -0.05) is 0 Å². The average Bonchev–Trinajstić information content (AvgIpc) is 2.38. The van der Waals surface area contributed by atoms with Crippen LogP contribution in [0.1, 0.15) is 26.2 Å². The monoisotopic (exact) mass is 153 g/mol. The molecular weight excluding hydrogens is 138 g/mol. The van der Waals surface area contributed by atoms with Crippen molar-refractivity contribution in [2.45, 2.75) is 37.8 Å². The fourth-order valence-corrected chi connectivity index (χ4v) is 1.44. The third-order valence-electron chi connectivity index (χ3n) is 2.37. The van der Waals surface area contributed by atoms with Crippen LogP contribution in [0.3, 0.4) is 0 Å². The average molecular weight is 153 g/mol. The summed E-state index contributed by atoms with van der Waals surface area (Å²) in [4.78, 5) is 0. The van der Waals surface area contributed by atoms with Gasteiger partial charge >= 0.3 is 0 Å². The van der Waals surface area contributed by atoms with Gasteiger partial charge in [0.05, 0.1) is 5.60 Å². The Kier molecular flexibility index (Phi) is 2.53. The molecule has 0 aromatic rings. The van der Waals surface area contributed by atoms with E-state index in [-0.39, 0.29) is 11.6 Å². The van der Waals surface area contributed by atoms with Crippen molar-refractivity contribution in [1.29, 1.82) is 0 Å². The van der Waals surface area contributed by atoms with Crippen molar-refractivity contribution in [2.24, 2.45) is 5.73 Å². The van der Waals surface area contributed by atoms with Gasteiger partial charge in [0.1, 0.15) is 0 Å². The molecule has 0 saturated carbocycles. The standard InChI is InChI=1S/C9H15NO/c1-3-5-8(10)9(2)6-4-7-11-9/h1,8H,4-7,10H2,2H3. The van der Waals surface area contributed by atoms with Crippen LogP contribution in [0.5, 0.6) is 0 Å². The van der Waals surface area contributed by atoms with Crippen molar-refractivity contribution < 1.29 is 4.74 Å². The Hall–Kier alpha value is -0.520. The van der Waals surface area contributed by atoms with E-state index in [4.69, 9.17) is 16.9 Å². The second-order valence-corrected chi connectivity index (χ2v) is 3.28. The van der Waals surface area contributed by atoms with E-state index in [2.05, 4.69) is 5.92 Å². The first-order valence-corrected chi connectivity index (χ1v) is 4.02. The smallest absolute Gasteiger partial charge is 0.0814 e. The van der Waals surface area contributed by atoms with E-state index in [0.29, 0.717) is 6.42 Å². The van der Waals surface area contributed by atoms with Gasteiger partial charge in [-0.2, -0.15) is 0 Å². The fourth-order valence-electron chi connectivity index (χ4n) is 1.44. The first kappa shape index (κ1) is 8.58. The third kappa shape index (κ3) is 1.74. The molecule has 0 aliphatic carbocycles. The number of rotatable bonds is 2. The van der Waals surface area contributed by atoms with Gasteiger partial charge in [0, 0.05) is 19.1 Å². The van der Waals surface area contributed by atoms with Crippen LogP contribution >= 0.6 is 0 Å². The van der Waals surface area contributed by atoms with Crippen LogP contribution in [0.15, 0.2) is 0 Å². The van der Waals surface area contributed by atoms with Gasteiger partial charge in [-0.3, -0.25) is 0 Å². The number of terminal acetylenes is 1. The summed E-state index contributed by atoms with van der Waals surface area (Å²) in [6.45, 7) is 2.87. The summed E-state index contributed by atoms with van der Waals surface area (Å²) in [5.41, 5.74) is 5.70. The molecule has 2 unspecified atom stereocenters. The Morgan fingerprint density at radius 1 is 1.82 bits per heavy atom. The quantitative estimate of drug-likeness (QED) is 0.598. The zero-order chi connectivity index (χ0) is 8.32. The zero-order valence-corrected chi connectivity index (χ0v) is 6.97. The number of hydrogen-bond donors (Lipinski definition) is 1. The minimum Gasteiger partial charge on any atom is -0.374 e. The third-order valence-corrected chi connectivity index (χ3v) is 2.37. The highest BCUT2D eigenvalue weighted by molar-refractivity contribution is 4.98. The molecule has 1 aliphatic rings. The number of nitrogens with two attached hydrogens (primary N) is 1. The second kappa shape index (κ2) is 3.25. The highest BCUT2D eigenvalue weighted by Gasteiger charge is 2.35. The molecule has 1 rings (SSSR count). The number of hydrogen-bond acceptors (Lipinski definition) is 2. The first-order chi connectivity index (χ1) is 5.19. The molecule has 1 aliphatic heterocycles. The molecule has 1 saturated heterocycles. The summed E-state index contributed by atoms with van der Waals surface area (Å²) in [5, 5.41) is 0. The second-order valence-electron chi connectivity index (χ2n) is 3.28. The van der Waals surface area contributed by atoms with Crippen molar-refractivity contribution in [2.75, 3.05) is 6.61 Å². The maximum atomic E-state index is 5.86. The highest BCUT2D eigenvalue weighted by atomic mass is 16.5. The molecule has 0 amide bonds. The van der Waals surface area contributed by atoms with Crippen LogP contribution in [0.2, 0.25) is 0 Å². The molecule has 2 nitrogen and oxygen atoms in total. The van der Waals surface area contributed by atoms with Gasteiger partial charge in [-0.05, 0) is 19.8 Å². The molecule has 0 aromatic carbocycles. The van der Waals surface area contributed by atoms with Crippen molar-refractivity contribution in [1.82, 2.24) is 0 Å². The van der Waals surface area contributed by atoms with Gasteiger partial charge in [0.2, 0.25) is 0 Å². The van der Waals surface area contributed by atoms with E-state index in [0.717, 1.165) is 19.4 Å². The summed E-state index contributed by atoms with van der Waals surface area (Å²) < 4.78 is 5.53. The van der Waals surface area contributed by atoms with Gasteiger partial charge in [0.25, 0.3) is 0 Å². The normalized spacial score (nSPS) is 33.2. The molecule has 11 heavy (non-hydrogen) atoms. The van der Waals surface area contributed by atoms with Crippen LogP contribution in [0.25, 0.3) is 0 Å². The lowest BCUT2D eigenvalue weighted by atomic mass is 9.92. The Bertz CT molecular complexity index is 165. The summed E-state index contributed by atoms with van der Waals surface area (Å²) in [5.74, 6) is 2.56. The topological polar surface area (TPSA) is 35.2 Å². The molecule has 62 valence electrons. The van der Waals surface area contributed by atoms with Crippen LogP contribution < -0.4 is 5.73 Å². The van der Waals surface area contributed by atoms with E-state index in [1.807, 2.05) is 6.92 Å². The van der Waals surface area contributed by atoms with Gasteiger partial charge in [0.15, 0.2) is 0 Å². The van der Waals surface area contributed by atoms with Crippen molar-refractivity contribution in [3.63, 3.8) is 0 Å². The highest BCUT2D eigenvalue weighted by Crippen LogP contribution is 2.28. The molecule has 2 N–H and O–H groups in total. The Morgan fingerprint density at radius 3 is 3.00 bits per heavy atom. The van der Waals surface area contributed by atoms with Crippen molar-refractivity contribution in [3.05, 3.63) is 0 Å². The Morgan fingerprint density at radius 2 is 2.55 bits per heavy atom. The van der Waals surface area contributed by atoms with Crippen LogP contribution in [-0.2, 0) is 4.74 Å². The first-order valence-electron chi connectivity index (χ1n) is 4.02. The maximum absolute atomic E-state index is 5.86. The molecule has 0 bridgehead atoms. The molecular formula is C9H15NO. The molecule has 0 aromatic heterocycles. The van der Waals surface area contributed by atoms with Crippen molar-refractivity contribution >= 4 is 0 Å². The summed E-state index contributed by atoms with van der Waals surface area (Å²) in [7, 11) is 0. The molecule has 2 atom stereocenters. The van der Waals surface area contributed by atoms with Crippen LogP contribution in [0.4, 0.5) is 0 Å². The fraction of sp³-hybridized carbons (Fsp3) is 0.778.